The van der Waals surface area contributed by atoms with Crippen LogP contribution in [-0.4, -0.2) is 29.1 Å². The lowest BCUT2D eigenvalue weighted by Crippen LogP contribution is -2.13. The molecule has 1 aromatic heterocycles. The molecule has 24 heavy (non-hydrogen) atoms. The standard InChI is InChI=1S/C17H16N2O4S/c1-12-9-17(21)19(18-12)15-5-3-14-11-16(6-4-13(14)10-15)24(22,23)8-2-7-20/h2-7,9-11,18,20H,8H2,1H3. The van der Waals surface area contributed by atoms with Gasteiger partial charge in [-0.2, -0.15) is 0 Å². The van der Waals surface area contributed by atoms with Gasteiger partial charge in [-0.25, -0.2) is 13.1 Å². The van der Waals surface area contributed by atoms with Crippen molar-refractivity contribution >= 4 is 20.6 Å². The third-order valence-corrected chi connectivity index (χ3v) is 5.29. The van der Waals surface area contributed by atoms with E-state index in [-0.39, 0.29) is 16.2 Å². The van der Waals surface area contributed by atoms with E-state index in [9.17, 15) is 13.2 Å². The molecular weight excluding hydrogens is 328 g/mol. The molecular formula is C17H16N2O4S. The number of sulfone groups is 1. The van der Waals surface area contributed by atoms with Crippen LogP contribution in [0.3, 0.4) is 0 Å². The summed E-state index contributed by atoms with van der Waals surface area (Å²) in [5.41, 5.74) is 1.29. The molecule has 0 saturated carbocycles. The largest absolute Gasteiger partial charge is 0.516 e. The predicted molar refractivity (Wildman–Crippen MR) is 92.5 cm³/mol. The topological polar surface area (TPSA) is 92.2 Å². The zero-order chi connectivity index (χ0) is 17.3. The molecule has 0 aliphatic heterocycles. The fourth-order valence-electron chi connectivity index (χ4n) is 2.51. The molecule has 0 amide bonds. The van der Waals surface area contributed by atoms with E-state index in [0.717, 1.165) is 22.7 Å². The Morgan fingerprint density at radius 1 is 1.12 bits per heavy atom. The van der Waals surface area contributed by atoms with Gasteiger partial charge in [-0.3, -0.25) is 9.89 Å². The molecule has 2 aromatic carbocycles. The van der Waals surface area contributed by atoms with Gasteiger partial charge in [0.25, 0.3) is 5.56 Å². The van der Waals surface area contributed by atoms with Gasteiger partial charge in [0.05, 0.1) is 22.6 Å². The van der Waals surface area contributed by atoms with Crippen LogP contribution in [0.5, 0.6) is 0 Å². The summed E-state index contributed by atoms with van der Waals surface area (Å²) in [7, 11) is -3.49. The number of nitrogens with zero attached hydrogens (tertiary/aromatic N) is 1. The number of aromatic amines is 1. The first kappa shape index (κ1) is 16.1. The Morgan fingerprint density at radius 3 is 2.50 bits per heavy atom. The van der Waals surface area contributed by atoms with E-state index in [1.807, 2.05) is 6.07 Å². The molecule has 0 fully saturated rings. The van der Waals surface area contributed by atoms with Crippen molar-refractivity contribution in [1.29, 1.82) is 0 Å². The summed E-state index contributed by atoms with van der Waals surface area (Å²) in [6.07, 6.45) is 1.91. The number of benzene rings is 2. The molecule has 3 aromatic rings. The lowest BCUT2D eigenvalue weighted by atomic mass is 10.1. The number of aryl methyl sites for hydroxylation is 1. The minimum absolute atomic E-state index is 0.151. The number of hydrogen-bond donors (Lipinski definition) is 2. The van der Waals surface area contributed by atoms with Crippen LogP contribution < -0.4 is 5.56 Å². The number of nitrogens with one attached hydrogen (secondary N) is 1. The quantitative estimate of drug-likeness (QED) is 0.711. The molecule has 0 spiro atoms. The Balaban J connectivity index is 2.06. The second-order valence-corrected chi connectivity index (χ2v) is 7.51. The fraction of sp³-hybridized carbons (Fsp3) is 0.118. The van der Waals surface area contributed by atoms with E-state index in [1.165, 1.54) is 22.9 Å². The molecule has 124 valence electrons. The summed E-state index contributed by atoms with van der Waals surface area (Å²) in [5.74, 6) is -0.260. The molecule has 0 unspecified atom stereocenters. The van der Waals surface area contributed by atoms with Crippen molar-refractivity contribution in [3.05, 3.63) is 70.9 Å². The maximum absolute atomic E-state index is 12.2. The summed E-state index contributed by atoms with van der Waals surface area (Å²) in [5, 5.41) is 13.2. The van der Waals surface area contributed by atoms with Gasteiger partial charge in [-0.05, 0) is 48.0 Å². The molecule has 7 heteroatoms. The van der Waals surface area contributed by atoms with Crippen LogP contribution >= 0.6 is 0 Å². The summed E-state index contributed by atoms with van der Waals surface area (Å²) in [6.45, 7) is 1.80. The molecule has 0 radical (unpaired) electrons. The molecule has 0 bridgehead atoms. The minimum Gasteiger partial charge on any atom is -0.516 e. The van der Waals surface area contributed by atoms with Gasteiger partial charge in [-0.1, -0.05) is 12.1 Å². The number of fused-ring (bicyclic) bond motifs is 1. The van der Waals surface area contributed by atoms with E-state index < -0.39 is 9.84 Å². The molecule has 6 nitrogen and oxygen atoms in total. The highest BCUT2D eigenvalue weighted by atomic mass is 32.2. The molecule has 0 aliphatic carbocycles. The normalized spacial score (nSPS) is 12.2. The van der Waals surface area contributed by atoms with Gasteiger partial charge in [-0.15, -0.1) is 0 Å². The molecule has 0 saturated heterocycles. The van der Waals surface area contributed by atoms with Crippen LogP contribution in [0.15, 0.2) is 64.5 Å². The van der Waals surface area contributed by atoms with Crippen LogP contribution in [0.4, 0.5) is 0 Å². The third-order valence-electron chi connectivity index (χ3n) is 3.68. The summed E-state index contributed by atoms with van der Waals surface area (Å²) in [6, 6.07) is 11.7. The molecule has 0 atom stereocenters. The molecule has 0 aliphatic rings. The Hall–Kier alpha value is -2.80. The van der Waals surface area contributed by atoms with Crippen LogP contribution in [0, 0.1) is 6.92 Å². The zero-order valence-corrected chi connectivity index (χ0v) is 13.7. The molecule has 1 heterocycles. The molecule has 2 N–H and O–H groups in total. The van der Waals surface area contributed by atoms with Gasteiger partial charge in [0.1, 0.15) is 0 Å². The monoisotopic (exact) mass is 344 g/mol. The van der Waals surface area contributed by atoms with E-state index in [4.69, 9.17) is 5.11 Å². The smallest absolute Gasteiger partial charge is 0.271 e. The second-order valence-electron chi connectivity index (χ2n) is 5.47. The van der Waals surface area contributed by atoms with Gasteiger partial charge in [0.15, 0.2) is 9.84 Å². The Kier molecular flexibility index (Phi) is 4.02. The number of hydrogen-bond acceptors (Lipinski definition) is 4. The number of aliphatic hydroxyl groups is 1. The van der Waals surface area contributed by atoms with E-state index in [2.05, 4.69) is 5.10 Å². The Labute approximate surface area is 138 Å². The van der Waals surface area contributed by atoms with E-state index >= 15 is 0 Å². The van der Waals surface area contributed by atoms with Crippen molar-refractivity contribution in [2.45, 2.75) is 11.8 Å². The van der Waals surface area contributed by atoms with Crippen molar-refractivity contribution in [2.24, 2.45) is 0 Å². The lowest BCUT2D eigenvalue weighted by Gasteiger charge is -2.07. The van der Waals surface area contributed by atoms with Gasteiger partial charge < -0.3 is 5.11 Å². The van der Waals surface area contributed by atoms with Crippen molar-refractivity contribution in [3.8, 4) is 5.69 Å². The zero-order valence-electron chi connectivity index (χ0n) is 12.9. The van der Waals surface area contributed by atoms with Gasteiger partial charge in [0, 0.05) is 11.8 Å². The first-order chi connectivity index (χ1) is 11.4. The van der Waals surface area contributed by atoms with Crippen LogP contribution in [0.1, 0.15) is 5.69 Å². The maximum Gasteiger partial charge on any atom is 0.271 e. The SMILES string of the molecule is Cc1cc(=O)n(-c2ccc3cc(S(=O)(=O)CC=CO)ccc3c2)[nH]1. The predicted octanol–water partition coefficient (Wildman–Crippen LogP) is 2.47. The maximum atomic E-state index is 12.2. The lowest BCUT2D eigenvalue weighted by molar-refractivity contribution is 0.472. The summed E-state index contributed by atoms with van der Waals surface area (Å²) >= 11 is 0. The van der Waals surface area contributed by atoms with Crippen LogP contribution in [0.2, 0.25) is 0 Å². The minimum atomic E-state index is -3.49. The summed E-state index contributed by atoms with van der Waals surface area (Å²) in [4.78, 5) is 12.1. The number of aliphatic hydroxyl groups excluding tert-OH is 1. The van der Waals surface area contributed by atoms with E-state index in [1.54, 1.807) is 31.2 Å². The van der Waals surface area contributed by atoms with Gasteiger partial charge in [0.2, 0.25) is 0 Å². The van der Waals surface area contributed by atoms with Crippen molar-refractivity contribution < 1.29 is 13.5 Å². The summed E-state index contributed by atoms with van der Waals surface area (Å²) < 4.78 is 25.8. The third kappa shape index (κ3) is 2.98. The number of H-pyrrole nitrogens is 1. The van der Waals surface area contributed by atoms with Crippen molar-refractivity contribution in [3.63, 3.8) is 0 Å². The highest BCUT2D eigenvalue weighted by Gasteiger charge is 2.13. The highest BCUT2D eigenvalue weighted by Crippen LogP contribution is 2.22. The first-order valence-corrected chi connectivity index (χ1v) is 8.91. The first-order valence-electron chi connectivity index (χ1n) is 7.25. The Bertz CT molecular complexity index is 1090. The second kappa shape index (κ2) is 6.01. The van der Waals surface area contributed by atoms with Crippen LogP contribution in [-0.2, 0) is 9.84 Å². The van der Waals surface area contributed by atoms with Crippen molar-refractivity contribution in [2.75, 3.05) is 5.75 Å². The highest BCUT2D eigenvalue weighted by molar-refractivity contribution is 7.91. The van der Waals surface area contributed by atoms with Crippen LogP contribution in [0.25, 0.3) is 16.5 Å². The average Bonchev–Trinajstić information content (AvgIpc) is 2.90. The van der Waals surface area contributed by atoms with E-state index in [0.29, 0.717) is 5.69 Å². The molecule has 3 rings (SSSR count). The number of aromatic nitrogens is 2. The van der Waals surface area contributed by atoms with Gasteiger partial charge >= 0.3 is 0 Å². The average molecular weight is 344 g/mol. The van der Waals surface area contributed by atoms with Crippen molar-refractivity contribution in [1.82, 2.24) is 9.78 Å². The number of rotatable bonds is 4. The Morgan fingerprint density at radius 2 is 1.83 bits per heavy atom. The fourth-order valence-corrected chi connectivity index (χ4v) is 3.63.